The van der Waals surface area contributed by atoms with Gasteiger partial charge in [0, 0.05) is 22.1 Å². The number of carbonyl (C=O) groups is 2. The molecule has 0 aliphatic carbocycles. The van der Waals surface area contributed by atoms with Crippen LogP contribution in [0.25, 0.3) is 0 Å². The molecule has 1 N–H and O–H groups in total. The second-order valence-electron chi connectivity index (χ2n) is 10.2. The fraction of sp³-hybridized carbons (Fsp3) is 0.462. The molecular formula is C26H35Cl2N3O4S. The predicted octanol–water partition coefficient (Wildman–Crippen LogP) is 5.21. The van der Waals surface area contributed by atoms with Gasteiger partial charge in [-0.15, -0.1) is 0 Å². The van der Waals surface area contributed by atoms with E-state index in [9.17, 15) is 18.0 Å². The third-order valence-electron chi connectivity index (χ3n) is 5.55. The summed E-state index contributed by atoms with van der Waals surface area (Å²) in [4.78, 5) is 27.9. The maximum Gasteiger partial charge on any atom is 0.244 e. The van der Waals surface area contributed by atoms with Crippen LogP contribution in [0, 0.1) is 0 Å². The van der Waals surface area contributed by atoms with Crippen LogP contribution < -0.4 is 9.62 Å². The van der Waals surface area contributed by atoms with Crippen molar-refractivity contribution in [3.8, 4) is 0 Å². The van der Waals surface area contributed by atoms with Crippen molar-refractivity contribution in [3.63, 3.8) is 0 Å². The summed E-state index contributed by atoms with van der Waals surface area (Å²) in [5.41, 5.74) is 1.48. The summed E-state index contributed by atoms with van der Waals surface area (Å²) in [5.74, 6) is -0.641. The minimum absolute atomic E-state index is 0.00253. The lowest BCUT2D eigenvalue weighted by Gasteiger charge is -2.33. The van der Waals surface area contributed by atoms with Gasteiger partial charge in [-0.25, -0.2) is 8.42 Å². The van der Waals surface area contributed by atoms with E-state index in [0.717, 1.165) is 16.1 Å². The van der Waals surface area contributed by atoms with Gasteiger partial charge in [-0.2, -0.15) is 0 Å². The van der Waals surface area contributed by atoms with E-state index < -0.39 is 34.1 Å². The number of halogens is 2. The van der Waals surface area contributed by atoms with Gasteiger partial charge >= 0.3 is 0 Å². The molecule has 0 saturated heterocycles. The van der Waals surface area contributed by atoms with Gasteiger partial charge < -0.3 is 10.2 Å². The monoisotopic (exact) mass is 555 g/mol. The molecule has 10 heteroatoms. The van der Waals surface area contributed by atoms with Crippen molar-refractivity contribution >= 4 is 50.7 Å². The maximum absolute atomic E-state index is 13.6. The molecule has 0 aliphatic rings. The molecular weight excluding hydrogens is 521 g/mol. The summed E-state index contributed by atoms with van der Waals surface area (Å²) in [6, 6.07) is 11.0. The fourth-order valence-corrected chi connectivity index (χ4v) is 4.85. The summed E-state index contributed by atoms with van der Waals surface area (Å²) >= 11 is 12.4. The van der Waals surface area contributed by atoms with Crippen molar-refractivity contribution in [2.45, 2.75) is 65.6 Å². The fourth-order valence-electron chi connectivity index (χ4n) is 3.53. The van der Waals surface area contributed by atoms with Gasteiger partial charge in [0.25, 0.3) is 0 Å². The van der Waals surface area contributed by atoms with Gasteiger partial charge in [-0.3, -0.25) is 13.9 Å². The van der Waals surface area contributed by atoms with Crippen LogP contribution in [0.1, 0.15) is 58.6 Å². The van der Waals surface area contributed by atoms with Crippen molar-refractivity contribution in [3.05, 3.63) is 63.6 Å². The third kappa shape index (κ3) is 8.39. The molecule has 0 spiro atoms. The Kier molecular flexibility index (Phi) is 9.84. The Balaban J connectivity index is 2.44. The Hall–Kier alpha value is -2.29. The maximum atomic E-state index is 13.6. The second kappa shape index (κ2) is 11.8. The van der Waals surface area contributed by atoms with Crippen LogP contribution >= 0.6 is 23.2 Å². The number of carbonyl (C=O) groups excluding carboxylic acids is 2. The van der Waals surface area contributed by atoms with E-state index in [0.29, 0.717) is 21.3 Å². The lowest BCUT2D eigenvalue weighted by molar-refractivity contribution is -0.140. The average Bonchev–Trinajstić information content (AvgIpc) is 2.74. The quantitative estimate of drug-likeness (QED) is 0.459. The number of sulfonamides is 1. The van der Waals surface area contributed by atoms with Gasteiger partial charge in [0.05, 0.1) is 11.9 Å². The standard InChI is InChI=1S/C26H35Cl2N3O4S/c1-17(2)19-9-12-22(13-10-19)31(36(7,34)35)16-24(32)30(18(3)25(33)29-26(4,5)6)15-20-8-11-21(27)14-23(20)28/h8-14,17-18H,15-16H2,1-7H3,(H,29,33)/t18-/m1/s1. The van der Waals surface area contributed by atoms with Gasteiger partial charge in [0.15, 0.2) is 0 Å². The Morgan fingerprint density at radius 2 is 1.58 bits per heavy atom. The number of amides is 2. The van der Waals surface area contributed by atoms with Crippen LogP contribution in [-0.4, -0.2) is 49.5 Å². The molecule has 198 valence electrons. The first-order chi connectivity index (χ1) is 16.5. The van der Waals surface area contributed by atoms with E-state index in [-0.39, 0.29) is 18.4 Å². The minimum Gasteiger partial charge on any atom is -0.350 e. The Morgan fingerprint density at radius 1 is 1.00 bits per heavy atom. The summed E-state index contributed by atoms with van der Waals surface area (Å²) in [5, 5.41) is 3.66. The van der Waals surface area contributed by atoms with Gasteiger partial charge in [0.2, 0.25) is 21.8 Å². The van der Waals surface area contributed by atoms with Crippen molar-refractivity contribution in [1.29, 1.82) is 0 Å². The zero-order valence-corrected chi connectivity index (χ0v) is 24.1. The highest BCUT2D eigenvalue weighted by Gasteiger charge is 2.31. The molecule has 2 aromatic rings. The van der Waals surface area contributed by atoms with Crippen LogP contribution in [0.5, 0.6) is 0 Å². The largest absolute Gasteiger partial charge is 0.350 e. The van der Waals surface area contributed by atoms with E-state index in [1.54, 1.807) is 37.3 Å². The predicted molar refractivity (Wildman–Crippen MR) is 147 cm³/mol. The summed E-state index contributed by atoms with van der Waals surface area (Å²) in [7, 11) is -3.80. The number of anilines is 1. The van der Waals surface area contributed by atoms with Crippen LogP contribution in [0.4, 0.5) is 5.69 Å². The summed E-state index contributed by atoms with van der Waals surface area (Å²) in [6.45, 7) is 10.7. The van der Waals surface area contributed by atoms with Crippen molar-refractivity contribution in [2.75, 3.05) is 17.1 Å². The highest BCUT2D eigenvalue weighted by Crippen LogP contribution is 2.25. The van der Waals surface area contributed by atoms with Crippen molar-refractivity contribution < 1.29 is 18.0 Å². The molecule has 0 heterocycles. The number of rotatable bonds is 9. The second-order valence-corrected chi connectivity index (χ2v) is 12.9. The van der Waals surface area contributed by atoms with E-state index >= 15 is 0 Å². The molecule has 0 fully saturated rings. The topological polar surface area (TPSA) is 86.8 Å². The summed E-state index contributed by atoms with van der Waals surface area (Å²) in [6.07, 6.45) is 1.05. The highest BCUT2D eigenvalue weighted by molar-refractivity contribution is 7.92. The van der Waals surface area contributed by atoms with E-state index in [2.05, 4.69) is 5.32 Å². The molecule has 1 atom stereocenters. The number of hydrogen-bond donors (Lipinski definition) is 1. The van der Waals surface area contributed by atoms with Crippen LogP contribution in [0.15, 0.2) is 42.5 Å². The molecule has 0 aromatic heterocycles. The number of hydrogen-bond acceptors (Lipinski definition) is 4. The first-order valence-electron chi connectivity index (χ1n) is 11.6. The lowest BCUT2D eigenvalue weighted by Crippen LogP contribution is -2.54. The minimum atomic E-state index is -3.80. The third-order valence-corrected chi connectivity index (χ3v) is 7.28. The van der Waals surface area contributed by atoms with Crippen molar-refractivity contribution in [2.24, 2.45) is 0 Å². The molecule has 0 unspecified atom stereocenters. The van der Waals surface area contributed by atoms with Crippen LogP contribution in [0.2, 0.25) is 10.0 Å². The molecule has 0 aliphatic heterocycles. The van der Waals surface area contributed by atoms with Crippen LogP contribution in [0.3, 0.4) is 0 Å². The van der Waals surface area contributed by atoms with Gasteiger partial charge in [0.1, 0.15) is 12.6 Å². The van der Waals surface area contributed by atoms with Gasteiger partial charge in [-0.05, 0) is 69.0 Å². The molecule has 2 aromatic carbocycles. The van der Waals surface area contributed by atoms with E-state index in [4.69, 9.17) is 23.2 Å². The zero-order valence-electron chi connectivity index (χ0n) is 21.8. The van der Waals surface area contributed by atoms with Crippen LogP contribution in [-0.2, 0) is 26.2 Å². The molecule has 7 nitrogen and oxygen atoms in total. The lowest BCUT2D eigenvalue weighted by atomic mass is 10.0. The Labute approximate surface area is 224 Å². The Bertz CT molecular complexity index is 1190. The Morgan fingerprint density at radius 3 is 2.06 bits per heavy atom. The zero-order chi connectivity index (χ0) is 27.4. The summed E-state index contributed by atoms with van der Waals surface area (Å²) < 4.78 is 26.4. The average molecular weight is 557 g/mol. The van der Waals surface area contributed by atoms with E-state index in [1.807, 2.05) is 46.8 Å². The first kappa shape index (κ1) is 29.9. The number of nitrogens with one attached hydrogen (secondary N) is 1. The first-order valence-corrected chi connectivity index (χ1v) is 14.2. The SMILES string of the molecule is CC(C)c1ccc(N(CC(=O)N(Cc2ccc(Cl)cc2Cl)[C@H](C)C(=O)NC(C)(C)C)S(C)(=O)=O)cc1. The highest BCUT2D eigenvalue weighted by atomic mass is 35.5. The molecule has 0 saturated carbocycles. The molecule has 2 amide bonds. The molecule has 2 rings (SSSR count). The number of benzene rings is 2. The van der Waals surface area contributed by atoms with Gasteiger partial charge in [-0.1, -0.05) is 55.2 Å². The smallest absolute Gasteiger partial charge is 0.244 e. The number of nitrogens with zero attached hydrogens (tertiary/aromatic N) is 2. The normalized spacial score (nSPS) is 12.8. The molecule has 0 radical (unpaired) electrons. The van der Waals surface area contributed by atoms with Crippen molar-refractivity contribution in [1.82, 2.24) is 10.2 Å². The molecule has 36 heavy (non-hydrogen) atoms. The molecule has 0 bridgehead atoms. The van der Waals surface area contributed by atoms with E-state index in [1.165, 1.54) is 4.90 Å².